The largest absolute Gasteiger partial charge is 0.494 e. The van der Waals surface area contributed by atoms with E-state index in [0.717, 1.165) is 30.7 Å². The van der Waals surface area contributed by atoms with Gasteiger partial charge in [-0.15, -0.1) is 0 Å². The van der Waals surface area contributed by atoms with Crippen molar-refractivity contribution in [3.63, 3.8) is 0 Å². The number of benzene rings is 1. The van der Waals surface area contributed by atoms with Crippen LogP contribution >= 0.6 is 11.3 Å². The normalized spacial score (nSPS) is 16.1. The molecule has 0 aliphatic carbocycles. The topological polar surface area (TPSA) is 115 Å². The van der Waals surface area contributed by atoms with Crippen molar-refractivity contribution in [2.45, 2.75) is 41.8 Å². The molecule has 0 radical (unpaired) electrons. The minimum atomic E-state index is -3.71. The van der Waals surface area contributed by atoms with Crippen LogP contribution in [0.5, 0.6) is 11.6 Å². The molecule has 1 fully saturated rings. The Morgan fingerprint density at radius 1 is 1.25 bits per heavy atom. The van der Waals surface area contributed by atoms with E-state index in [1.165, 1.54) is 12.3 Å². The Morgan fingerprint density at radius 3 is 2.91 bits per heavy atom. The fourth-order valence-corrected chi connectivity index (χ4v) is 5.80. The zero-order valence-electron chi connectivity index (χ0n) is 17.9. The van der Waals surface area contributed by atoms with Crippen LogP contribution in [0.25, 0.3) is 0 Å². The van der Waals surface area contributed by atoms with Gasteiger partial charge in [-0.05, 0) is 51.4 Å². The lowest BCUT2D eigenvalue weighted by molar-refractivity contribution is 0.267. The quantitative estimate of drug-likeness (QED) is 0.481. The number of nitrogens with zero attached hydrogens (tertiary/aromatic N) is 3. The molecule has 11 heteroatoms. The molecule has 9 nitrogen and oxygen atoms in total. The molecule has 3 heterocycles. The molecule has 1 atom stereocenters. The minimum Gasteiger partial charge on any atom is -0.494 e. The third kappa shape index (κ3) is 5.34. The summed E-state index contributed by atoms with van der Waals surface area (Å²) >= 11 is 1.03. The van der Waals surface area contributed by atoms with E-state index in [2.05, 4.69) is 25.6 Å². The van der Waals surface area contributed by atoms with Crippen LogP contribution in [0.4, 0.5) is 10.9 Å². The van der Waals surface area contributed by atoms with Gasteiger partial charge in [0.25, 0.3) is 0 Å². The van der Waals surface area contributed by atoms with Gasteiger partial charge in [-0.2, -0.15) is 4.98 Å². The SMILES string of the molecule is CCOc1cccc(S(=O)(=O)c2cnc(Nc3cc(OCC4CCCN4)nc(C)n3)s2)c1. The van der Waals surface area contributed by atoms with Gasteiger partial charge in [0.15, 0.2) is 5.13 Å². The van der Waals surface area contributed by atoms with Gasteiger partial charge in [-0.25, -0.2) is 18.4 Å². The fraction of sp³-hybridized carbons (Fsp3) is 0.381. The van der Waals surface area contributed by atoms with E-state index in [-0.39, 0.29) is 9.10 Å². The van der Waals surface area contributed by atoms with Gasteiger partial charge in [0.2, 0.25) is 15.7 Å². The van der Waals surface area contributed by atoms with Crippen molar-refractivity contribution in [2.24, 2.45) is 0 Å². The van der Waals surface area contributed by atoms with Gasteiger partial charge in [-0.3, -0.25) is 0 Å². The van der Waals surface area contributed by atoms with Crippen molar-refractivity contribution >= 4 is 32.1 Å². The van der Waals surface area contributed by atoms with Crippen LogP contribution in [-0.4, -0.2) is 49.2 Å². The molecule has 2 aromatic heterocycles. The van der Waals surface area contributed by atoms with Crippen molar-refractivity contribution in [3.05, 3.63) is 42.4 Å². The molecule has 0 bridgehead atoms. The van der Waals surface area contributed by atoms with Crippen molar-refractivity contribution in [3.8, 4) is 11.6 Å². The van der Waals surface area contributed by atoms with Crippen LogP contribution < -0.4 is 20.1 Å². The molecule has 170 valence electrons. The number of aromatic nitrogens is 3. The number of anilines is 2. The molecule has 1 aromatic carbocycles. The van der Waals surface area contributed by atoms with Gasteiger partial charge < -0.3 is 20.1 Å². The molecule has 0 spiro atoms. The first kappa shape index (κ1) is 22.4. The van der Waals surface area contributed by atoms with E-state index in [1.807, 2.05) is 6.92 Å². The van der Waals surface area contributed by atoms with Gasteiger partial charge in [-0.1, -0.05) is 17.4 Å². The lowest BCUT2D eigenvalue weighted by Gasteiger charge is -2.12. The third-order valence-corrected chi connectivity index (χ3v) is 7.95. The van der Waals surface area contributed by atoms with E-state index >= 15 is 0 Å². The van der Waals surface area contributed by atoms with Crippen molar-refractivity contribution in [1.82, 2.24) is 20.3 Å². The molecule has 0 saturated carbocycles. The Morgan fingerprint density at radius 2 is 2.12 bits per heavy atom. The van der Waals surface area contributed by atoms with E-state index in [1.54, 1.807) is 31.2 Å². The molecule has 4 rings (SSSR count). The summed E-state index contributed by atoms with van der Waals surface area (Å²) in [5, 5.41) is 6.85. The molecule has 2 N–H and O–H groups in total. The predicted molar refractivity (Wildman–Crippen MR) is 122 cm³/mol. The lowest BCUT2D eigenvalue weighted by atomic mass is 10.2. The molecular weight excluding hydrogens is 450 g/mol. The number of rotatable bonds is 9. The zero-order chi connectivity index (χ0) is 22.6. The molecule has 1 aliphatic rings. The molecule has 1 unspecified atom stereocenters. The van der Waals surface area contributed by atoms with Crippen molar-refractivity contribution < 1.29 is 17.9 Å². The zero-order valence-corrected chi connectivity index (χ0v) is 19.5. The fourth-order valence-electron chi connectivity index (χ4n) is 3.33. The number of hydrogen-bond acceptors (Lipinski definition) is 10. The number of aryl methyl sites for hydroxylation is 1. The third-order valence-electron chi connectivity index (χ3n) is 4.82. The molecule has 3 aromatic rings. The van der Waals surface area contributed by atoms with E-state index in [9.17, 15) is 8.42 Å². The minimum absolute atomic E-state index is 0.128. The van der Waals surface area contributed by atoms with Crippen molar-refractivity contribution in [2.75, 3.05) is 25.1 Å². The van der Waals surface area contributed by atoms with Crippen LogP contribution in [-0.2, 0) is 9.84 Å². The highest BCUT2D eigenvalue weighted by Gasteiger charge is 2.22. The summed E-state index contributed by atoms with van der Waals surface area (Å²) in [6.45, 7) is 5.62. The summed E-state index contributed by atoms with van der Waals surface area (Å²) in [5.74, 6) is 2.00. The maximum absolute atomic E-state index is 13.0. The molecule has 1 aliphatic heterocycles. The first-order chi connectivity index (χ1) is 15.4. The maximum Gasteiger partial charge on any atom is 0.218 e. The van der Waals surface area contributed by atoms with Gasteiger partial charge >= 0.3 is 0 Å². The molecule has 32 heavy (non-hydrogen) atoms. The highest BCUT2D eigenvalue weighted by molar-refractivity contribution is 7.93. The van der Waals surface area contributed by atoms with Gasteiger partial charge in [0.05, 0.1) is 17.7 Å². The van der Waals surface area contributed by atoms with Crippen LogP contribution in [0, 0.1) is 6.92 Å². The second-order valence-electron chi connectivity index (χ2n) is 7.26. The number of hydrogen-bond donors (Lipinski definition) is 2. The Kier molecular flexibility index (Phi) is 6.87. The van der Waals surface area contributed by atoms with Crippen LogP contribution in [0.2, 0.25) is 0 Å². The second kappa shape index (κ2) is 9.80. The molecular formula is C21H25N5O4S2. The smallest absolute Gasteiger partial charge is 0.218 e. The van der Waals surface area contributed by atoms with Crippen LogP contribution in [0.1, 0.15) is 25.6 Å². The van der Waals surface area contributed by atoms with Gasteiger partial charge in [0.1, 0.15) is 28.2 Å². The predicted octanol–water partition coefficient (Wildman–Crippen LogP) is 3.35. The summed E-state index contributed by atoms with van der Waals surface area (Å²) in [6, 6.07) is 8.45. The maximum atomic E-state index is 13.0. The molecule has 0 amide bonds. The van der Waals surface area contributed by atoms with Crippen LogP contribution in [0.15, 0.2) is 45.6 Å². The highest BCUT2D eigenvalue weighted by atomic mass is 32.2. The standard InChI is InChI=1S/C21H25N5O4S2/c1-3-29-16-7-4-8-17(10-16)32(27,28)20-12-23-21(31-20)26-18-11-19(25-14(2)24-18)30-13-15-6-5-9-22-15/h4,7-8,10-12,15,22H,3,5-6,9,13H2,1-2H3,(H,23,24,25,26). The summed E-state index contributed by atoms with van der Waals surface area (Å²) in [6.07, 6.45) is 3.57. The first-order valence-electron chi connectivity index (χ1n) is 10.4. The Labute approximate surface area is 191 Å². The first-order valence-corrected chi connectivity index (χ1v) is 12.7. The van der Waals surface area contributed by atoms with E-state index in [4.69, 9.17) is 9.47 Å². The number of thiazole rings is 1. The average Bonchev–Trinajstić information content (AvgIpc) is 3.45. The summed E-state index contributed by atoms with van der Waals surface area (Å²) in [5.41, 5.74) is 0. The Bertz CT molecular complexity index is 1180. The number of sulfone groups is 1. The highest BCUT2D eigenvalue weighted by Crippen LogP contribution is 2.31. The number of nitrogens with one attached hydrogen (secondary N) is 2. The average molecular weight is 476 g/mol. The Hall–Kier alpha value is -2.76. The number of ether oxygens (including phenoxy) is 2. The second-order valence-corrected chi connectivity index (χ2v) is 10.5. The Balaban J connectivity index is 1.48. The van der Waals surface area contributed by atoms with Crippen LogP contribution in [0.3, 0.4) is 0 Å². The monoisotopic (exact) mass is 475 g/mol. The van der Waals surface area contributed by atoms with E-state index < -0.39 is 9.84 Å². The lowest BCUT2D eigenvalue weighted by Crippen LogP contribution is -2.28. The van der Waals surface area contributed by atoms with Crippen molar-refractivity contribution in [1.29, 1.82) is 0 Å². The summed E-state index contributed by atoms with van der Waals surface area (Å²) < 4.78 is 37.4. The summed E-state index contributed by atoms with van der Waals surface area (Å²) in [4.78, 5) is 13.0. The molecule has 1 saturated heterocycles. The van der Waals surface area contributed by atoms with Gasteiger partial charge in [0, 0.05) is 12.1 Å². The summed E-state index contributed by atoms with van der Waals surface area (Å²) in [7, 11) is -3.71. The van der Waals surface area contributed by atoms with E-state index in [0.29, 0.717) is 47.7 Å².